The molecule has 0 saturated carbocycles. The van der Waals surface area contributed by atoms with Crippen LogP contribution in [0.3, 0.4) is 0 Å². The fourth-order valence-electron chi connectivity index (χ4n) is 2.09. The lowest BCUT2D eigenvalue weighted by molar-refractivity contribution is -0.143. The molecule has 1 saturated heterocycles. The molecule has 1 N–H and O–H groups in total. The van der Waals surface area contributed by atoms with Crippen LogP contribution in [0, 0.1) is 5.41 Å². The van der Waals surface area contributed by atoms with E-state index in [1.54, 1.807) is 11.8 Å². The zero-order chi connectivity index (χ0) is 15.6. The number of carboxylic acid groups (broad SMARTS) is 1. The highest BCUT2D eigenvalue weighted by Gasteiger charge is 2.31. The molecule has 7 heteroatoms. The van der Waals surface area contributed by atoms with Gasteiger partial charge in [0.15, 0.2) is 0 Å². The van der Waals surface area contributed by atoms with Crippen molar-refractivity contribution in [1.82, 2.24) is 9.21 Å². The molecular formula is C13H26N2O4S. The molecular weight excluding hydrogens is 280 g/mol. The number of piperazine rings is 1. The lowest BCUT2D eigenvalue weighted by atomic mass is 9.94. The van der Waals surface area contributed by atoms with Crippen LogP contribution in [-0.2, 0) is 14.8 Å². The Bertz CT molecular complexity index is 434. The number of nitrogens with zero attached hydrogens (tertiary/aromatic N) is 2. The Morgan fingerprint density at radius 3 is 2.10 bits per heavy atom. The van der Waals surface area contributed by atoms with E-state index in [0.29, 0.717) is 32.6 Å². The van der Waals surface area contributed by atoms with Crippen LogP contribution in [0.1, 0.15) is 34.1 Å². The maximum atomic E-state index is 12.2. The fraction of sp³-hybridized carbons (Fsp3) is 0.923. The minimum Gasteiger partial charge on any atom is -0.480 e. The lowest BCUT2D eigenvalue weighted by Crippen LogP contribution is -2.53. The van der Waals surface area contributed by atoms with Crippen LogP contribution >= 0.6 is 0 Å². The largest absolute Gasteiger partial charge is 0.480 e. The van der Waals surface area contributed by atoms with Gasteiger partial charge in [-0.2, -0.15) is 4.31 Å². The fourth-order valence-corrected chi connectivity index (χ4v) is 3.94. The second kappa shape index (κ2) is 6.41. The third-order valence-corrected chi connectivity index (χ3v) is 5.55. The zero-order valence-electron chi connectivity index (χ0n) is 12.8. The highest BCUT2D eigenvalue weighted by Crippen LogP contribution is 2.21. The van der Waals surface area contributed by atoms with E-state index >= 15 is 0 Å². The van der Waals surface area contributed by atoms with E-state index in [1.807, 2.05) is 20.8 Å². The van der Waals surface area contributed by atoms with Gasteiger partial charge in [0, 0.05) is 26.2 Å². The standard InChI is InChI=1S/C13H26N2O4S/c1-11(12(16)17)14-6-8-15(9-7-14)20(18,19)10-5-13(2,3)4/h11H,5-10H2,1-4H3,(H,16,17). The molecule has 1 aliphatic heterocycles. The molecule has 1 heterocycles. The van der Waals surface area contributed by atoms with Gasteiger partial charge in [0.25, 0.3) is 0 Å². The van der Waals surface area contributed by atoms with E-state index in [4.69, 9.17) is 5.11 Å². The Hall–Kier alpha value is -0.660. The molecule has 1 atom stereocenters. The van der Waals surface area contributed by atoms with Gasteiger partial charge in [0.1, 0.15) is 6.04 Å². The van der Waals surface area contributed by atoms with Crippen molar-refractivity contribution in [3.8, 4) is 0 Å². The summed E-state index contributed by atoms with van der Waals surface area (Å²) in [6, 6.07) is -0.561. The molecule has 118 valence electrons. The molecule has 1 rings (SSSR count). The molecule has 20 heavy (non-hydrogen) atoms. The van der Waals surface area contributed by atoms with E-state index in [2.05, 4.69) is 0 Å². The molecule has 6 nitrogen and oxygen atoms in total. The van der Waals surface area contributed by atoms with Crippen molar-refractivity contribution >= 4 is 16.0 Å². The number of hydrogen-bond acceptors (Lipinski definition) is 4. The minimum absolute atomic E-state index is 0.00723. The number of carboxylic acids is 1. The predicted molar refractivity (Wildman–Crippen MR) is 78.1 cm³/mol. The van der Waals surface area contributed by atoms with Gasteiger partial charge < -0.3 is 5.11 Å². The van der Waals surface area contributed by atoms with Crippen molar-refractivity contribution in [2.24, 2.45) is 5.41 Å². The van der Waals surface area contributed by atoms with Crippen LogP contribution in [0.2, 0.25) is 0 Å². The van der Waals surface area contributed by atoms with E-state index < -0.39 is 22.0 Å². The number of sulfonamides is 1. The van der Waals surface area contributed by atoms with E-state index in [0.717, 1.165) is 0 Å². The molecule has 0 amide bonds. The third-order valence-electron chi connectivity index (χ3n) is 3.68. The minimum atomic E-state index is -3.23. The van der Waals surface area contributed by atoms with E-state index in [1.165, 1.54) is 4.31 Å². The van der Waals surface area contributed by atoms with E-state index in [-0.39, 0.29) is 11.2 Å². The second-order valence-corrected chi connectivity index (χ2v) is 8.66. The summed E-state index contributed by atoms with van der Waals surface area (Å²) in [6.45, 7) is 9.41. The van der Waals surface area contributed by atoms with Gasteiger partial charge in [-0.15, -0.1) is 0 Å². The molecule has 0 bridgehead atoms. The summed E-state index contributed by atoms with van der Waals surface area (Å²) in [6.07, 6.45) is 0.626. The number of hydrogen-bond donors (Lipinski definition) is 1. The van der Waals surface area contributed by atoms with Crippen LogP contribution in [0.4, 0.5) is 0 Å². The molecule has 0 aromatic rings. The molecule has 0 aromatic heterocycles. The maximum Gasteiger partial charge on any atom is 0.320 e. The normalized spacial score (nSPS) is 20.8. The Balaban J connectivity index is 2.54. The molecule has 0 aromatic carbocycles. The first kappa shape index (κ1) is 17.4. The first-order valence-corrected chi connectivity index (χ1v) is 8.58. The van der Waals surface area contributed by atoms with Crippen molar-refractivity contribution in [2.75, 3.05) is 31.9 Å². The second-order valence-electron chi connectivity index (χ2n) is 6.58. The molecule has 1 unspecified atom stereocenters. The first-order chi connectivity index (χ1) is 9.03. The summed E-state index contributed by atoms with van der Waals surface area (Å²) in [4.78, 5) is 12.7. The quantitative estimate of drug-likeness (QED) is 0.814. The van der Waals surface area contributed by atoms with Gasteiger partial charge in [0.05, 0.1) is 5.75 Å². The van der Waals surface area contributed by atoms with Crippen LogP contribution in [0.5, 0.6) is 0 Å². The monoisotopic (exact) mass is 306 g/mol. The first-order valence-electron chi connectivity index (χ1n) is 6.98. The van der Waals surface area contributed by atoms with Crippen LogP contribution < -0.4 is 0 Å². The van der Waals surface area contributed by atoms with Crippen molar-refractivity contribution in [3.05, 3.63) is 0 Å². The SMILES string of the molecule is CC(C(=O)O)N1CCN(S(=O)(=O)CCC(C)(C)C)CC1. The molecule has 0 radical (unpaired) electrons. The van der Waals surface area contributed by atoms with Gasteiger partial charge >= 0.3 is 5.97 Å². The zero-order valence-corrected chi connectivity index (χ0v) is 13.6. The number of aliphatic carboxylic acids is 1. The Labute approximate surface area is 121 Å². The lowest BCUT2D eigenvalue weighted by Gasteiger charge is -2.36. The molecule has 0 spiro atoms. The summed E-state index contributed by atoms with van der Waals surface area (Å²) >= 11 is 0. The summed E-state index contributed by atoms with van der Waals surface area (Å²) in [5, 5.41) is 8.96. The Morgan fingerprint density at radius 2 is 1.70 bits per heavy atom. The highest BCUT2D eigenvalue weighted by atomic mass is 32.2. The van der Waals surface area contributed by atoms with Crippen molar-refractivity contribution in [2.45, 2.75) is 40.2 Å². The summed E-state index contributed by atoms with van der Waals surface area (Å²) in [5.74, 6) is -0.709. The van der Waals surface area contributed by atoms with E-state index in [9.17, 15) is 13.2 Å². The van der Waals surface area contributed by atoms with Crippen molar-refractivity contribution < 1.29 is 18.3 Å². The molecule has 0 aliphatic carbocycles. The molecule has 1 fully saturated rings. The summed E-state index contributed by atoms with van der Waals surface area (Å²) in [7, 11) is -3.23. The smallest absolute Gasteiger partial charge is 0.320 e. The van der Waals surface area contributed by atoms with Crippen LogP contribution in [0.25, 0.3) is 0 Å². The number of rotatable bonds is 5. The van der Waals surface area contributed by atoms with Crippen LogP contribution in [-0.4, -0.2) is 66.7 Å². The summed E-state index contributed by atoms with van der Waals surface area (Å²) < 4.78 is 26.0. The summed E-state index contributed by atoms with van der Waals surface area (Å²) in [5.41, 5.74) is -0.00723. The van der Waals surface area contributed by atoms with Gasteiger partial charge in [0.2, 0.25) is 10.0 Å². The maximum absolute atomic E-state index is 12.2. The Kier molecular flexibility index (Phi) is 5.57. The average Bonchev–Trinajstić information content (AvgIpc) is 2.35. The highest BCUT2D eigenvalue weighted by molar-refractivity contribution is 7.89. The topological polar surface area (TPSA) is 77.9 Å². The third kappa shape index (κ3) is 5.03. The average molecular weight is 306 g/mol. The molecule has 1 aliphatic rings. The van der Waals surface area contributed by atoms with Gasteiger partial charge in [-0.05, 0) is 18.8 Å². The van der Waals surface area contributed by atoms with Gasteiger partial charge in [-0.1, -0.05) is 20.8 Å². The number of carbonyl (C=O) groups is 1. The van der Waals surface area contributed by atoms with Crippen molar-refractivity contribution in [3.63, 3.8) is 0 Å². The van der Waals surface area contributed by atoms with Gasteiger partial charge in [-0.3, -0.25) is 9.69 Å². The van der Waals surface area contributed by atoms with Gasteiger partial charge in [-0.25, -0.2) is 8.42 Å². The van der Waals surface area contributed by atoms with Crippen LogP contribution in [0.15, 0.2) is 0 Å². The van der Waals surface area contributed by atoms with Crippen molar-refractivity contribution in [1.29, 1.82) is 0 Å². The predicted octanol–water partition coefficient (Wildman–Crippen LogP) is 0.843. The Morgan fingerprint density at radius 1 is 1.20 bits per heavy atom.